The third kappa shape index (κ3) is 3.88. The lowest BCUT2D eigenvalue weighted by Gasteiger charge is -2.25. The van der Waals surface area contributed by atoms with Gasteiger partial charge in [0.05, 0.1) is 5.57 Å². The van der Waals surface area contributed by atoms with Crippen LogP contribution in [0.15, 0.2) is 40.5 Å². The molecule has 1 aliphatic rings. The van der Waals surface area contributed by atoms with Gasteiger partial charge in [0.2, 0.25) is 0 Å². The first-order valence-electron chi connectivity index (χ1n) is 7.05. The highest BCUT2D eigenvalue weighted by molar-refractivity contribution is 8.13. The van der Waals surface area contributed by atoms with Crippen molar-refractivity contribution in [2.75, 3.05) is 5.75 Å². The number of carbonyl (C=O) groups is 1. The van der Waals surface area contributed by atoms with E-state index in [4.69, 9.17) is 0 Å². The monoisotopic (exact) mass is 322 g/mol. The summed E-state index contributed by atoms with van der Waals surface area (Å²) in [7, 11) is 0. The molecule has 0 amide bonds. The minimum Gasteiger partial charge on any atom is -0.478 e. The van der Waals surface area contributed by atoms with Crippen LogP contribution in [0.4, 0.5) is 4.39 Å². The number of thioether (sulfide) groups is 1. The lowest BCUT2D eigenvalue weighted by Crippen LogP contribution is -2.30. The molecule has 0 bridgehead atoms. The second kappa shape index (κ2) is 6.96. The van der Waals surface area contributed by atoms with Crippen molar-refractivity contribution in [2.45, 2.75) is 26.8 Å². The molecule has 4 nitrogen and oxygen atoms in total. The molecule has 0 aliphatic carbocycles. The van der Waals surface area contributed by atoms with Crippen molar-refractivity contribution in [1.82, 2.24) is 5.32 Å². The summed E-state index contributed by atoms with van der Waals surface area (Å²) in [5.41, 5.74) is 1.44. The van der Waals surface area contributed by atoms with Crippen LogP contribution in [0.2, 0.25) is 0 Å². The Morgan fingerprint density at radius 3 is 2.59 bits per heavy atom. The van der Waals surface area contributed by atoms with Gasteiger partial charge in [0.25, 0.3) is 0 Å². The number of nitrogens with zero attached hydrogens (tertiary/aromatic N) is 1. The molecule has 1 atom stereocenters. The van der Waals surface area contributed by atoms with Crippen molar-refractivity contribution >= 4 is 22.9 Å². The number of benzene rings is 1. The number of hydrogen-bond donors (Lipinski definition) is 2. The SMILES string of the molecule is CC1=C(C(=O)O)C(c2ccc(F)cc2)N=C(SCC(C)C)N1. The molecule has 0 spiro atoms. The molecular formula is C16H19FN2O2S. The van der Waals surface area contributed by atoms with Gasteiger partial charge >= 0.3 is 5.97 Å². The van der Waals surface area contributed by atoms with Gasteiger partial charge in [-0.15, -0.1) is 0 Å². The van der Waals surface area contributed by atoms with Crippen LogP contribution in [0.1, 0.15) is 32.4 Å². The molecule has 6 heteroatoms. The second-order valence-electron chi connectivity index (χ2n) is 5.56. The summed E-state index contributed by atoms with van der Waals surface area (Å²) in [6.07, 6.45) is 0. The third-order valence-corrected chi connectivity index (χ3v) is 4.50. The number of hydrogen-bond acceptors (Lipinski definition) is 4. The molecule has 0 saturated heterocycles. The fourth-order valence-electron chi connectivity index (χ4n) is 2.13. The molecule has 2 rings (SSSR count). The minimum absolute atomic E-state index is 0.195. The molecular weight excluding hydrogens is 303 g/mol. The highest BCUT2D eigenvalue weighted by Crippen LogP contribution is 2.32. The van der Waals surface area contributed by atoms with Gasteiger partial charge in [-0.25, -0.2) is 14.2 Å². The van der Waals surface area contributed by atoms with Gasteiger partial charge in [0.1, 0.15) is 11.9 Å². The highest BCUT2D eigenvalue weighted by Gasteiger charge is 2.29. The maximum Gasteiger partial charge on any atom is 0.335 e. The van der Waals surface area contributed by atoms with Gasteiger partial charge in [0, 0.05) is 11.4 Å². The Balaban J connectivity index is 2.35. The fourth-order valence-corrected chi connectivity index (χ4v) is 3.03. The summed E-state index contributed by atoms with van der Waals surface area (Å²) in [4.78, 5) is 16.1. The molecule has 0 aromatic heterocycles. The number of carboxylic acids is 1. The predicted octanol–water partition coefficient (Wildman–Crippen LogP) is 3.57. The average molecular weight is 322 g/mol. The maximum absolute atomic E-state index is 13.1. The van der Waals surface area contributed by atoms with E-state index >= 15 is 0 Å². The standard InChI is InChI=1S/C16H19FN2O2S/c1-9(2)8-22-16-18-10(3)13(15(20)21)14(19-16)11-4-6-12(17)7-5-11/h4-7,9,14H,8H2,1-3H3,(H,18,19)(H,20,21). The number of carboxylic acid groups (broad SMARTS) is 1. The number of nitrogens with one attached hydrogen (secondary N) is 1. The largest absolute Gasteiger partial charge is 0.478 e. The van der Waals surface area contributed by atoms with E-state index in [0.717, 1.165) is 5.75 Å². The van der Waals surface area contributed by atoms with Gasteiger partial charge in [-0.3, -0.25) is 0 Å². The summed E-state index contributed by atoms with van der Waals surface area (Å²) < 4.78 is 13.1. The van der Waals surface area contributed by atoms with Gasteiger partial charge < -0.3 is 10.4 Å². The van der Waals surface area contributed by atoms with Crippen LogP contribution in [-0.2, 0) is 4.79 Å². The smallest absolute Gasteiger partial charge is 0.335 e. The Morgan fingerprint density at radius 1 is 1.41 bits per heavy atom. The fraction of sp³-hybridized carbons (Fsp3) is 0.375. The normalized spacial score (nSPS) is 18.2. The zero-order valence-corrected chi connectivity index (χ0v) is 13.6. The Labute approximate surface area is 133 Å². The number of aliphatic imine (C=N–C) groups is 1. The molecule has 0 fully saturated rings. The summed E-state index contributed by atoms with van der Waals surface area (Å²) in [6.45, 7) is 5.95. The topological polar surface area (TPSA) is 61.7 Å². The van der Waals surface area contributed by atoms with Gasteiger partial charge in [-0.2, -0.15) is 0 Å². The van der Waals surface area contributed by atoms with Crippen molar-refractivity contribution in [3.05, 3.63) is 46.9 Å². The molecule has 2 N–H and O–H groups in total. The van der Waals surface area contributed by atoms with Crippen molar-refractivity contribution in [2.24, 2.45) is 10.9 Å². The lowest BCUT2D eigenvalue weighted by atomic mass is 9.97. The van der Waals surface area contributed by atoms with Crippen LogP contribution in [0.5, 0.6) is 0 Å². The molecule has 22 heavy (non-hydrogen) atoms. The van der Waals surface area contributed by atoms with E-state index in [1.165, 1.54) is 12.1 Å². The minimum atomic E-state index is -1.02. The van der Waals surface area contributed by atoms with Crippen LogP contribution in [0.25, 0.3) is 0 Å². The van der Waals surface area contributed by atoms with E-state index in [1.54, 1.807) is 30.8 Å². The molecule has 0 saturated carbocycles. The first-order chi connectivity index (χ1) is 10.4. The molecule has 1 aromatic rings. The first kappa shape index (κ1) is 16.5. The number of amidine groups is 1. The van der Waals surface area contributed by atoms with E-state index < -0.39 is 12.0 Å². The Bertz CT molecular complexity index is 624. The van der Waals surface area contributed by atoms with E-state index in [0.29, 0.717) is 22.3 Å². The van der Waals surface area contributed by atoms with Gasteiger partial charge in [-0.1, -0.05) is 37.7 Å². The van der Waals surface area contributed by atoms with Crippen LogP contribution >= 0.6 is 11.8 Å². The quantitative estimate of drug-likeness (QED) is 0.889. The Hall–Kier alpha value is -1.82. The predicted molar refractivity (Wildman–Crippen MR) is 87.3 cm³/mol. The van der Waals surface area contributed by atoms with Crippen molar-refractivity contribution in [1.29, 1.82) is 0 Å². The van der Waals surface area contributed by atoms with Crippen molar-refractivity contribution in [3.8, 4) is 0 Å². The van der Waals surface area contributed by atoms with Crippen molar-refractivity contribution < 1.29 is 14.3 Å². The maximum atomic E-state index is 13.1. The number of aliphatic carboxylic acids is 1. The Morgan fingerprint density at radius 2 is 2.05 bits per heavy atom. The van der Waals surface area contributed by atoms with Crippen LogP contribution in [0.3, 0.4) is 0 Å². The summed E-state index contributed by atoms with van der Waals surface area (Å²) in [5, 5.41) is 13.2. The molecule has 1 unspecified atom stereocenters. The van der Waals surface area contributed by atoms with E-state index in [9.17, 15) is 14.3 Å². The second-order valence-corrected chi connectivity index (χ2v) is 6.57. The average Bonchev–Trinajstić information content (AvgIpc) is 2.44. The van der Waals surface area contributed by atoms with Gasteiger partial charge in [-0.05, 0) is 30.5 Å². The van der Waals surface area contributed by atoms with Gasteiger partial charge in [0.15, 0.2) is 5.17 Å². The highest BCUT2D eigenvalue weighted by atomic mass is 32.2. The summed E-state index contributed by atoms with van der Waals surface area (Å²) in [5.74, 6) is 0.0195. The van der Waals surface area contributed by atoms with E-state index in [1.807, 2.05) is 0 Å². The number of allylic oxidation sites excluding steroid dienone is 1. The third-order valence-electron chi connectivity index (χ3n) is 3.19. The zero-order chi connectivity index (χ0) is 16.3. The molecule has 1 aromatic carbocycles. The zero-order valence-electron chi connectivity index (χ0n) is 12.8. The van der Waals surface area contributed by atoms with Crippen LogP contribution in [-0.4, -0.2) is 22.0 Å². The van der Waals surface area contributed by atoms with Crippen LogP contribution < -0.4 is 5.32 Å². The number of rotatable bonds is 4. The molecule has 1 heterocycles. The lowest BCUT2D eigenvalue weighted by molar-refractivity contribution is -0.133. The van der Waals surface area contributed by atoms with Crippen molar-refractivity contribution in [3.63, 3.8) is 0 Å². The molecule has 1 aliphatic heterocycles. The van der Waals surface area contributed by atoms with Crippen LogP contribution in [0, 0.1) is 11.7 Å². The van der Waals surface area contributed by atoms with E-state index in [2.05, 4.69) is 24.2 Å². The summed E-state index contributed by atoms with van der Waals surface area (Å²) >= 11 is 1.56. The molecule has 118 valence electrons. The number of halogens is 1. The molecule has 0 radical (unpaired) electrons. The Kier molecular flexibility index (Phi) is 5.24. The van der Waals surface area contributed by atoms with E-state index in [-0.39, 0.29) is 11.4 Å². The first-order valence-corrected chi connectivity index (χ1v) is 8.04. The summed E-state index contributed by atoms with van der Waals surface area (Å²) in [6, 6.07) is 5.19.